The van der Waals surface area contributed by atoms with Crippen LogP contribution < -0.4 is 0 Å². The van der Waals surface area contributed by atoms with Crippen LogP contribution in [-0.4, -0.2) is 32.7 Å². The molecule has 0 spiro atoms. The Kier molecular flexibility index (Phi) is 4.98. The van der Waals surface area contributed by atoms with Gasteiger partial charge < -0.3 is 0 Å². The van der Waals surface area contributed by atoms with Gasteiger partial charge in [0.25, 0.3) is 0 Å². The molecule has 0 aromatic rings. The van der Waals surface area contributed by atoms with E-state index in [4.69, 9.17) is 16.5 Å². The quantitative estimate of drug-likeness (QED) is 0.740. The van der Waals surface area contributed by atoms with E-state index in [1.165, 1.54) is 4.67 Å². The Balaban J connectivity index is 5.00. The molecule has 0 rings (SSSR count). The molecule has 0 heterocycles. The van der Waals surface area contributed by atoms with E-state index in [-0.39, 0.29) is 24.7 Å². The molecule has 6 heteroatoms. The predicted octanol–water partition coefficient (Wildman–Crippen LogP) is 2.46. The van der Waals surface area contributed by atoms with Crippen molar-refractivity contribution in [1.82, 2.24) is 4.67 Å². The van der Waals surface area contributed by atoms with Crippen molar-refractivity contribution in [1.29, 1.82) is 5.26 Å². The Hall–Kier alpha value is 0.0900. The van der Waals surface area contributed by atoms with Gasteiger partial charge in [0, 0.05) is 0 Å². The average molecular weight is 255 g/mol. The Morgan fingerprint density at radius 1 is 1.27 bits per heavy atom. The van der Waals surface area contributed by atoms with Crippen LogP contribution in [0, 0.1) is 11.3 Å². The van der Waals surface area contributed by atoms with E-state index in [1.54, 1.807) is 0 Å². The van der Waals surface area contributed by atoms with Gasteiger partial charge in [-0.05, 0) is 0 Å². The molecule has 0 amide bonds. The molecule has 0 aliphatic heterocycles. The molecular weight excluding hydrogens is 235 g/mol. The second kappa shape index (κ2) is 4.95. The summed E-state index contributed by atoms with van der Waals surface area (Å²) < 4.78 is 1.50. The van der Waals surface area contributed by atoms with Crippen molar-refractivity contribution in [2.24, 2.45) is 0 Å². The van der Waals surface area contributed by atoms with Crippen LogP contribution in [0.3, 0.4) is 0 Å². The number of hydrogen-bond donors (Lipinski definition) is 2. The Morgan fingerprint density at radius 2 is 1.67 bits per heavy atom. The monoisotopic (exact) mass is 254 g/mol. The van der Waals surface area contributed by atoms with Crippen molar-refractivity contribution in [3.05, 3.63) is 0 Å². The summed E-state index contributed by atoms with van der Waals surface area (Å²) in [6.45, 7) is 3.03. The van der Waals surface area contributed by atoms with Crippen LogP contribution in [0.25, 0.3) is 0 Å². The summed E-state index contributed by atoms with van der Waals surface area (Å²) in [6, 6.07) is 1.73. The summed E-state index contributed by atoms with van der Waals surface area (Å²) in [5.41, 5.74) is 0. The number of rotatable bonds is 5. The van der Waals surface area contributed by atoms with Crippen molar-refractivity contribution in [2.75, 3.05) is 6.16 Å². The third kappa shape index (κ3) is 4.22. The zero-order chi connectivity index (χ0) is 12.3. The van der Waals surface area contributed by atoms with E-state index < -0.39 is 6.56 Å². The van der Waals surface area contributed by atoms with Gasteiger partial charge in [-0.25, -0.2) is 0 Å². The van der Waals surface area contributed by atoms with Crippen molar-refractivity contribution in [2.45, 2.75) is 46.2 Å². The van der Waals surface area contributed by atoms with Crippen molar-refractivity contribution < 1.29 is 9.79 Å². The molecule has 0 aliphatic carbocycles. The standard InChI is InChI=1S/C9H20ClN2O2P/c1-8(2)12(9(3)4)15(10,13,14)7-5-6-11/h8-9,13-14H,5,7H2,1-4H3. The molecule has 0 radical (unpaired) electrons. The maximum absolute atomic E-state index is 10.1. The molecule has 90 valence electrons. The molecule has 0 saturated carbocycles. The summed E-state index contributed by atoms with van der Waals surface area (Å²) in [5, 5.41) is 8.47. The fourth-order valence-electron chi connectivity index (χ4n) is 1.87. The second-order valence-electron chi connectivity index (χ2n) is 4.24. The Morgan fingerprint density at radius 3 is 1.93 bits per heavy atom. The van der Waals surface area contributed by atoms with Crippen LogP contribution in [0.15, 0.2) is 0 Å². The van der Waals surface area contributed by atoms with Crippen LogP contribution in [0.2, 0.25) is 0 Å². The van der Waals surface area contributed by atoms with E-state index in [2.05, 4.69) is 0 Å². The van der Waals surface area contributed by atoms with Crippen molar-refractivity contribution >= 4 is 17.8 Å². The van der Waals surface area contributed by atoms with Gasteiger partial charge in [0.2, 0.25) is 0 Å². The number of hydrogen-bond acceptors (Lipinski definition) is 4. The van der Waals surface area contributed by atoms with Gasteiger partial charge in [-0.1, -0.05) is 0 Å². The third-order valence-corrected chi connectivity index (χ3v) is 5.98. The molecule has 15 heavy (non-hydrogen) atoms. The summed E-state index contributed by atoms with van der Waals surface area (Å²) >= 11 is 5.94. The second-order valence-corrected chi connectivity index (χ2v) is 9.30. The summed E-state index contributed by atoms with van der Waals surface area (Å²) in [4.78, 5) is 20.3. The molecule has 0 fully saturated rings. The normalized spacial score (nSPS) is 15.4. The zero-order valence-electron chi connectivity index (χ0n) is 9.68. The molecule has 0 bridgehead atoms. The number of halogens is 1. The van der Waals surface area contributed by atoms with Gasteiger partial charge in [-0.15, -0.1) is 0 Å². The average Bonchev–Trinajstić information content (AvgIpc) is 1.97. The number of nitrogens with zero attached hydrogens (tertiary/aromatic N) is 2. The maximum atomic E-state index is 10.1. The van der Waals surface area contributed by atoms with E-state index >= 15 is 0 Å². The van der Waals surface area contributed by atoms with Crippen LogP contribution in [0.4, 0.5) is 0 Å². The zero-order valence-corrected chi connectivity index (χ0v) is 11.3. The molecule has 0 aliphatic rings. The molecule has 0 aromatic heterocycles. The van der Waals surface area contributed by atoms with Gasteiger partial charge in [0.1, 0.15) is 0 Å². The molecule has 0 unspecified atom stereocenters. The number of nitriles is 1. The minimum atomic E-state index is -4.37. The first kappa shape index (κ1) is 15.1. The molecular formula is C9H20ClN2O2P. The van der Waals surface area contributed by atoms with E-state index in [0.29, 0.717) is 0 Å². The summed E-state index contributed by atoms with van der Waals surface area (Å²) in [5.74, 6) is 0. The van der Waals surface area contributed by atoms with E-state index in [1.807, 2.05) is 33.8 Å². The summed E-state index contributed by atoms with van der Waals surface area (Å²) in [7, 11) is 0. The fourth-order valence-corrected chi connectivity index (χ4v) is 5.71. The van der Waals surface area contributed by atoms with Gasteiger partial charge in [0.15, 0.2) is 0 Å². The van der Waals surface area contributed by atoms with Crippen LogP contribution in [0.1, 0.15) is 34.1 Å². The fraction of sp³-hybridized carbons (Fsp3) is 0.889. The van der Waals surface area contributed by atoms with Crippen molar-refractivity contribution in [3.63, 3.8) is 0 Å². The Labute approximate surface area is 96.4 Å². The SMILES string of the molecule is CC(C)N(C(C)C)P(O)(O)(Cl)CCC#N. The molecule has 0 saturated heterocycles. The Bertz CT molecular complexity index is 247. The molecule has 0 atom stereocenters. The van der Waals surface area contributed by atoms with Crippen LogP contribution in [-0.2, 0) is 0 Å². The topological polar surface area (TPSA) is 67.5 Å². The van der Waals surface area contributed by atoms with Gasteiger partial charge in [-0.2, -0.15) is 0 Å². The predicted molar refractivity (Wildman–Crippen MR) is 64.4 cm³/mol. The first-order valence-corrected chi connectivity index (χ1v) is 8.17. The third-order valence-electron chi connectivity index (χ3n) is 2.12. The van der Waals surface area contributed by atoms with E-state index in [0.717, 1.165) is 0 Å². The molecule has 2 N–H and O–H groups in total. The van der Waals surface area contributed by atoms with Crippen LogP contribution in [0.5, 0.6) is 0 Å². The first-order valence-electron chi connectivity index (χ1n) is 4.99. The van der Waals surface area contributed by atoms with Gasteiger partial charge in [-0.3, -0.25) is 0 Å². The van der Waals surface area contributed by atoms with E-state index in [9.17, 15) is 9.79 Å². The minimum absolute atomic E-state index is 0.0459. The summed E-state index contributed by atoms with van der Waals surface area (Å²) in [6.07, 6.45) is -0.0374. The molecule has 0 aromatic carbocycles. The van der Waals surface area contributed by atoms with Gasteiger partial charge in [0.05, 0.1) is 0 Å². The first-order chi connectivity index (χ1) is 6.60. The molecule has 4 nitrogen and oxygen atoms in total. The van der Waals surface area contributed by atoms with Crippen molar-refractivity contribution in [3.8, 4) is 6.07 Å². The van der Waals surface area contributed by atoms with Gasteiger partial charge >= 0.3 is 96.0 Å². The van der Waals surface area contributed by atoms with Crippen LogP contribution >= 0.6 is 17.8 Å².